The first-order chi connectivity index (χ1) is 6.59. The van der Waals surface area contributed by atoms with Crippen LogP contribution in [0.25, 0.3) is 0 Å². The van der Waals surface area contributed by atoms with E-state index in [1.165, 1.54) is 17.1 Å². The molecule has 0 heterocycles. The van der Waals surface area contributed by atoms with Crippen molar-refractivity contribution in [1.82, 2.24) is 5.01 Å². The Kier molecular flexibility index (Phi) is 6.95. The van der Waals surface area contributed by atoms with Gasteiger partial charge in [-0.15, -0.1) is 5.11 Å². The first-order valence-electron chi connectivity index (χ1n) is 4.00. The minimum Gasteiger partial charge on any atom is -0.545 e. The second-order valence-corrected chi connectivity index (χ2v) is 2.87. The van der Waals surface area contributed by atoms with E-state index in [2.05, 4.69) is 10.3 Å². The molecule has 0 saturated heterocycles. The molecular formula is C9H10KN3O2. The van der Waals surface area contributed by atoms with Crippen LogP contribution in [0.15, 0.2) is 34.6 Å². The van der Waals surface area contributed by atoms with E-state index in [9.17, 15) is 9.90 Å². The summed E-state index contributed by atoms with van der Waals surface area (Å²) in [5, 5.41) is 19.6. The summed E-state index contributed by atoms with van der Waals surface area (Å²) in [6.07, 6.45) is 0. The van der Waals surface area contributed by atoms with Crippen molar-refractivity contribution in [3.05, 3.63) is 29.8 Å². The van der Waals surface area contributed by atoms with E-state index in [0.717, 1.165) is 0 Å². The van der Waals surface area contributed by atoms with E-state index in [1.807, 2.05) is 0 Å². The van der Waals surface area contributed by atoms with Gasteiger partial charge >= 0.3 is 51.4 Å². The van der Waals surface area contributed by atoms with E-state index in [1.54, 1.807) is 26.2 Å². The number of carboxylic acids is 1. The Balaban J connectivity index is 0.00000196. The van der Waals surface area contributed by atoms with Crippen molar-refractivity contribution in [1.29, 1.82) is 0 Å². The van der Waals surface area contributed by atoms with Crippen LogP contribution in [0.2, 0.25) is 0 Å². The van der Waals surface area contributed by atoms with E-state index in [4.69, 9.17) is 0 Å². The third kappa shape index (κ3) is 5.38. The summed E-state index contributed by atoms with van der Waals surface area (Å²) in [6.45, 7) is 0. The Morgan fingerprint density at radius 2 is 2.07 bits per heavy atom. The van der Waals surface area contributed by atoms with Crippen LogP contribution < -0.4 is 56.5 Å². The summed E-state index contributed by atoms with van der Waals surface area (Å²) < 4.78 is 0. The molecular weight excluding hydrogens is 221 g/mol. The molecule has 5 nitrogen and oxygen atoms in total. The maximum absolute atomic E-state index is 10.5. The van der Waals surface area contributed by atoms with Crippen molar-refractivity contribution >= 4 is 11.7 Å². The summed E-state index contributed by atoms with van der Waals surface area (Å²) in [5.41, 5.74) is 0.584. The van der Waals surface area contributed by atoms with E-state index >= 15 is 0 Å². The fraction of sp³-hybridized carbons (Fsp3) is 0.222. The van der Waals surface area contributed by atoms with Gasteiger partial charge in [0, 0.05) is 14.1 Å². The minimum absolute atomic E-state index is 0. The van der Waals surface area contributed by atoms with E-state index in [0.29, 0.717) is 5.69 Å². The van der Waals surface area contributed by atoms with Gasteiger partial charge in [0.05, 0.1) is 11.7 Å². The molecule has 1 aromatic carbocycles. The van der Waals surface area contributed by atoms with Gasteiger partial charge < -0.3 is 9.90 Å². The van der Waals surface area contributed by atoms with Gasteiger partial charge in [0.25, 0.3) is 0 Å². The van der Waals surface area contributed by atoms with Gasteiger partial charge in [-0.05, 0) is 17.7 Å². The van der Waals surface area contributed by atoms with Crippen LogP contribution in [0.5, 0.6) is 0 Å². The Labute approximate surface area is 131 Å². The number of carbonyl (C=O) groups is 1. The van der Waals surface area contributed by atoms with Gasteiger partial charge in [0.1, 0.15) is 0 Å². The Morgan fingerprint density at radius 1 is 1.40 bits per heavy atom. The zero-order chi connectivity index (χ0) is 10.6. The molecule has 0 N–H and O–H groups in total. The molecule has 0 unspecified atom stereocenters. The van der Waals surface area contributed by atoms with Crippen LogP contribution in [0.1, 0.15) is 10.4 Å². The Hall–Kier alpha value is -0.274. The SMILES string of the molecule is CN(C)N=Nc1cccc(C(=O)[O-])c1.[K+]. The van der Waals surface area contributed by atoms with E-state index < -0.39 is 5.97 Å². The molecule has 0 saturated carbocycles. The van der Waals surface area contributed by atoms with Crippen LogP contribution in [0.4, 0.5) is 5.69 Å². The molecule has 6 heteroatoms. The molecule has 0 bridgehead atoms. The maximum atomic E-state index is 10.5. The fourth-order valence-corrected chi connectivity index (χ4v) is 0.836. The zero-order valence-corrected chi connectivity index (χ0v) is 12.1. The van der Waals surface area contributed by atoms with Gasteiger partial charge in [0.2, 0.25) is 0 Å². The third-order valence-electron chi connectivity index (χ3n) is 1.42. The minimum atomic E-state index is -1.22. The molecule has 0 amide bonds. The predicted molar refractivity (Wildman–Crippen MR) is 49.0 cm³/mol. The van der Waals surface area contributed by atoms with Crippen molar-refractivity contribution in [2.24, 2.45) is 10.3 Å². The molecule has 0 aliphatic heterocycles. The average Bonchev–Trinajstić information content (AvgIpc) is 2.15. The van der Waals surface area contributed by atoms with Crippen LogP contribution in [-0.4, -0.2) is 25.1 Å². The molecule has 0 radical (unpaired) electrons. The van der Waals surface area contributed by atoms with Gasteiger partial charge in [-0.25, -0.2) is 0 Å². The molecule has 15 heavy (non-hydrogen) atoms. The smallest absolute Gasteiger partial charge is 0.545 e. The molecule has 74 valence electrons. The van der Waals surface area contributed by atoms with Crippen molar-refractivity contribution < 1.29 is 61.3 Å². The number of carbonyl (C=O) groups excluding carboxylic acids is 1. The summed E-state index contributed by atoms with van der Waals surface area (Å²) in [6, 6.07) is 6.11. The quantitative estimate of drug-likeness (QED) is 0.331. The van der Waals surface area contributed by atoms with Crippen molar-refractivity contribution in [3.63, 3.8) is 0 Å². The molecule has 1 rings (SSSR count). The second-order valence-electron chi connectivity index (χ2n) is 2.87. The maximum Gasteiger partial charge on any atom is 1.00 e. The van der Waals surface area contributed by atoms with Crippen LogP contribution >= 0.6 is 0 Å². The first kappa shape index (κ1) is 14.7. The van der Waals surface area contributed by atoms with Crippen LogP contribution in [0, 0.1) is 0 Å². The number of nitrogens with zero attached hydrogens (tertiary/aromatic N) is 3. The number of benzene rings is 1. The summed E-state index contributed by atoms with van der Waals surface area (Å²) in [5.74, 6) is -1.22. The Morgan fingerprint density at radius 3 is 2.60 bits per heavy atom. The van der Waals surface area contributed by atoms with Gasteiger partial charge in [-0.2, -0.15) is 0 Å². The molecule has 1 aromatic rings. The first-order valence-corrected chi connectivity index (χ1v) is 4.00. The van der Waals surface area contributed by atoms with E-state index in [-0.39, 0.29) is 56.9 Å². The summed E-state index contributed by atoms with van der Waals surface area (Å²) >= 11 is 0. The fourth-order valence-electron chi connectivity index (χ4n) is 0.836. The third-order valence-corrected chi connectivity index (χ3v) is 1.42. The number of hydrogen-bond donors (Lipinski definition) is 0. The number of rotatable bonds is 3. The van der Waals surface area contributed by atoms with Crippen LogP contribution in [0.3, 0.4) is 0 Å². The van der Waals surface area contributed by atoms with Crippen molar-refractivity contribution in [2.45, 2.75) is 0 Å². The van der Waals surface area contributed by atoms with Gasteiger partial charge in [-0.3, -0.25) is 5.01 Å². The van der Waals surface area contributed by atoms with Gasteiger partial charge in [0.15, 0.2) is 0 Å². The largest absolute Gasteiger partial charge is 1.00 e. The van der Waals surface area contributed by atoms with Crippen molar-refractivity contribution in [3.8, 4) is 0 Å². The summed E-state index contributed by atoms with van der Waals surface area (Å²) in [4.78, 5) is 10.5. The molecule has 0 atom stereocenters. The topological polar surface area (TPSA) is 68.1 Å². The predicted octanol–water partition coefficient (Wildman–Crippen LogP) is -2.39. The molecule has 0 aliphatic carbocycles. The Bertz CT molecular complexity index is 366. The molecule has 0 aliphatic rings. The zero-order valence-electron chi connectivity index (χ0n) is 8.97. The normalized spacial score (nSPS) is 9.73. The molecule has 0 aromatic heterocycles. The van der Waals surface area contributed by atoms with Crippen LogP contribution in [-0.2, 0) is 0 Å². The average molecular weight is 231 g/mol. The number of carboxylic acid groups (broad SMARTS) is 1. The second kappa shape index (κ2) is 7.07. The number of hydrogen-bond acceptors (Lipinski definition) is 4. The molecule has 0 spiro atoms. The molecule has 0 fully saturated rings. The number of aromatic carboxylic acids is 1. The van der Waals surface area contributed by atoms with Gasteiger partial charge in [-0.1, -0.05) is 17.4 Å². The van der Waals surface area contributed by atoms with Crippen molar-refractivity contribution in [2.75, 3.05) is 14.1 Å². The summed E-state index contributed by atoms with van der Waals surface area (Å²) in [7, 11) is 3.46. The monoisotopic (exact) mass is 231 g/mol. The standard InChI is InChI=1S/C9H11N3O2.K/c1-12(2)11-10-8-5-3-4-7(6-8)9(13)14;/h3-6H,1-2H3,(H,13,14);/q;+1/p-1.